The number of hydrogen-bond acceptors (Lipinski definition) is 6. The van der Waals surface area contributed by atoms with Gasteiger partial charge in [0.2, 0.25) is 0 Å². The summed E-state index contributed by atoms with van der Waals surface area (Å²) in [6.45, 7) is 0. The maximum Gasteiger partial charge on any atom is 0.270 e. The number of hydrogen-bond donors (Lipinski definition) is 0. The lowest BCUT2D eigenvalue weighted by molar-refractivity contribution is -0.384. The number of carbonyl (C=O) groups is 1. The number of ketones is 1. The van der Waals surface area contributed by atoms with Crippen molar-refractivity contribution in [2.24, 2.45) is 0 Å². The molecular weight excluding hydrogens is 400 g/mol. The second kappa shape index (κ2) is 6.77. The molecule has 23 heavy (non-hydrogen) atoms. The second-order valence-electron chi connectivity index (χ2n) is 4.61. The smallest absolute Gasteiger partial charge is 0.270 e. The molecule has 0 N–H and O–H groups in total. The van der Waals surface area contributed by atoms with Crippen molar-refractivity contribution in [3.8, 4) is 0 Å². The molecule has 1 heterocycles. The lowest BCUT2D eigenvalue weighted by Crippen LogP contribution is -2.01. The number of nitrogens with zero attached hydrogens (tertiary/aromatic N) is 2. The lowest BCUT2D eigenvalue weighted by atomic mass is 10.2. The van der Waals surface area contributed by atoms with Crippen LogP contribution in [-0.2, 0) is 0 Å². The van der Waals surface area contributed by atoms with E-state index in [9.17, 15) is 14.9 Å². The average molecular weight is 409 g/mol. The van der Waals surface area contributed by atoms with Crippen molar-refractivity contribution < 1.29 is 9.72 Å². The first-order valence-electron chi connectivity index (χ1n) is 6.49. The van der Waals surface area contributed by atoms with Gasteiger partial charge in [-0.25, -0.2) is 4.98 Å². The van der Waals surface area contributed by atoms with E-state index in [1.54, 1.807) is 18.2 Å². The Labute approximate surface area is 148 Å². The molecule has 0 atom stereocenters. The Morgan fingerprint density at radius 2 is 2.00 bits per heavy atom. The normalized spacial score (nSPS) is 10.8. The molecule has 116 valence electrons. The first kappa shape index (κ1) is 16.1. The Balaban J connectivity index is 1.72. The molecule has 8 heteroatoms. The molecule has 3 rings (SSSR count). The largest absolute Gasteiger partial charge is 0.293 e. The van der Waals surface area contributed by atoms with Crippen LogP contribution in [0.2, 0.25) is 0 Å². The van der Waals surface area contributed by atoms with E-state index < -0.39 is 4.92 Å². The molecule has 0 saturated heterocycles. The molecule has 0 amide bonds. The van der Waals surface area contributed by atoms with Gasteiger partial charge in [-0.1, -0.05) is 39.8 Å². The first-order chi connectivity index (χ1) is 11.0. The van der Waals surface area contributed by atoms with Crippen molar-refractivity contribution in [3.05, 3.63) is 62.6 Å². The Bertz CT molecular complexity index is 893. The highest BCUT2D eigenvalue weighted by molar-refractivity contribution is 9.10. The molecule has 2 aromatic carbocycles. The maximum absolute atomic E-state index is 12.1. The lowest BCUT2D eigenvalue weighted by Gasteiger charge is -1.99. The molecule has 0 spiro atoms. The fraction of sp³-hybridized carbons (Fsp3) is 0.0667. The third-order valence-electron chi connectivity index (χ3n) is 3.06. The van der Waals surface area contributed by atoms with Crippen molar-refractivity contribution in [2.45, 2.75) is 4.34 Å². The molecule has 5 nitrogen and oxygen atoms in total. The van der Waals surface area contributed by atoms with E-state index in [-0.39, 0.29) is 17.2 Å². The Morgan fingerprint density at radius 1 is 1.26 bits per heavy atom. The molecule has 0 radical (unpaired) electrons. The zero-order valence-corrected chi connectivity index (χ0v) is 14.8. The summed E-state index contributed by atoms with van der Waals surface area (Å²) in [5.41, 5.74) is 1.40. The predicted octanol–water partition coefficient (Wildman–Crippen LogP) is 4.94. The van der Waals surface area contributed by atoms with Crippen LogP contribution in [0.4, 0.5) is 5.69 Å². The fourth-order valence-electron chi connectivity index (χ4n) is 1.91. The van der Waals surface area contributed by atoms with Crippen molar-refractivity contribution in [1.82, 2.24) is 4.98 Å². The molecule has 0 aliphatic carbocycles. The molecule has 0 unspecified atom stereocenters. The number of aromatic nitrogens is 1. The van der Waals surface area contributed by atoms with E-state index >= 15 is 0 Å². The molecule has 0 aliphatic heterocycles. The van der Waals surface area contributed by atoms with Gasteiger partial charge >= 0.3 is 0 Å². The predicted molar refractivity (Wildman–Crippen MR) is 95.5 cm³/mol. The molecular formula is C15H9BrN2O3S2. The van der Waals surface area contributed by atoms with Gasteiger partial charge in [-0.05, 0) is 18.2 Å². The van der Waals surface area contributed by atoms with Gasteiger partial charge in [-0.2, -0.15) is 0 Å². The van der Waals surface area contributed by atoms with Crippen LogP contribution in [0.3, 0.4) is 0 Å². The van der Waals surface area contributed by atoms with Crippen LogP contribution in [0.1, 0.15) is 10.4 Å². The highest BCUT2D eigenvalue weighted by atomic mass is 79.9. The standard InChI is InChI=1S/C15H9BrN2O3S2/c16-10-3-1-9(2-4-10)13(19)8-22-15-17-12-6-5-11(18(20)21)7-14(12)23-15/h1-7H,8H2. The Morgan fingerprint density at radius 3 is 2.70 bits per heavy atom. The molecule has 0 fully saturated rings. The molecule has 0 aliphatic rings. The maximum atomic E-state index is 12.1. The van der Waals surface area contributed by atoms with Crippen LogP contribution in [0.25, 0.3) is 10.2 Å². The van der Waals surface area contributed by atoms with E-state index in [1.807, 2.05) is 12.1 Å². The van der Waals surface area contributed by atoms with E-state index in [0.717, 1.165) is 13.5 Å². The summed E-state index contributed by atoms with van der Waals surface area (Å²) in [5.74, 6) is 0.302. The number of Topliss-reactive ketones (excluding diaryl/α,β-unsaturated/α-hetero) is 1. The number of fused-ring (bicyclic) bond motifs is 1. The Kier molecular flexibility index (Phi) is 4.74. The van der Waals surface area contributed by atoms with Gasteiger partial charge < -0.3 is 0 Å². The zero-order valence-electron chi connectivity index (χ0n) is 11.6. The van der Waals surface area contributed by atoms with Gasteiger partial charge in [0.1, 0.15) is 0 Å². The summed E-state index contributed by atoms with van der Waals surface area (Å²) in [5, 5.41) is 10.8. The van der Waals surface area contributed by atoms with Crippen LogP contribution < -0.4 is 0 Å². The van der Waals surface area contributed by atoms with Crippen molar-refractivity contribution in [2.75, 3.05) is 5.75 Å². The first-order valence-corrected chi connectivity index (χ1v) is 9.09. The minimum atomic E-state index is -0.428. The molecule has 3 aromatic rings. The van der Waals surface area contributed by atoms with E-state index in [4.69, 9.17) is 0 Å². The number of thioether (sulfide) groups is 1. The van der Waals surface area contributed by atoms with Gasteiger partial charge in [0.15, 0.2) is 10.1 Å². The quantitative estimate of drug-likeness (QED) is 0.258. The van der Waals surface area contributed by atoms with Gasteiger partial charge in [0, 0.05) is 22.2 Å². The number of carbonyl (C=O) groups excluding carboxylic acids is 1. The summed E-state index contributed by atoms with van der Waals surface area (Å²) in [4.78, 5) is 26.9. The van der Waals surface area contributed by atoms with Crippen LogP contribution in [0.5, 0.6) is 0 Å². The topological polar surface area (TPSA) is 73.1 Å². The van der Waals surface area contributed by atoms with Crippen LogP contribution >= 0.6 is 39.0 Å². The van der Waals surface area contributed by atoms with Gasteiger partial charge in [-0.3, -0.25) is 14.9 Å². The van der Waals surface area contributed by atoms with E-state index in [1.165, 1.54) is 35.2 Å². The zero-order chi connectivity index (χ0) is 16.4. The highest BCUT2D eigenvalue weighted by Gasteiger charge is 2.12. The van der Waals surface area contributed by atoms with E-state index in [2.05, 4.69) is 20.9 Å². The summed E-state index contributed by atoms with van der Waals surface area (Å²) >= 11 is 6.03. The summed E-state index contributed by atoms with van der Waals surface area (Å²) in [6, 6.07) is 11.8. The number of rotatable bonds is 5. The van der Waals surface area contributed by atoms with Crippen molar-refractivity contribution in [1.29, 1.82) is 0 Å². The average Bonchev–Trinajstić information content (AvgIpc) is 2.95. The molecule has 0 bridgehead atoms. The number of nitro groups is 1. The highest BCUT2D eigenvalue weighted by Crippen LogP contribution is 2.32. The van der Waals surface area contributed by atoms with Gasteiger partial charge in [-0.15, -0.1) is 11.3 Å². The summed E-state index contributed by atoms with van der Waals surface area (Å²) in [6.07, 6.45) is 0. The van der Waals surface area contributed by atoms with Crippen molar-refractivity contribution >= 4 is 60.7 Å². The fourth-order valence-corrected chi connectivity index (χ4v) is 4.17. The molecule has 0 saturated carbocycles. The minimum absolute atomic E-state index is 0.0211. The minimum Gasteiger partial charge on any atom is -0.293 e. The third kappa shape index (κ3) is 3.77. The van der Waals surface area contributed by atoms with E-state index in [0.29, 0.717) is 11.1 Å². The van der Waals surface area contributed by atoms with Crippen LogP contribution in [0.15, 0.2) is 51.3 Å². The molecule has 1 aromatic heterocycles. The number of non-ortho nitro benzene ring substituents is 1. The SMILES string of the molecule is O=C(CSc1nc2ccc([N+](=O)[O-])cc2s1)c1ccc(Br)cc1. The van der Waals surface area contributed by atoms with Gasteiger partial charge in [0.05, 0.1) is 20.9 Å². The van der Waals surface area contributed by atoms with Crippen molar-refractivity contribution in [3.63, 3.8) is 0 Å². The monoisotopic (exact) mass is 408 g/mol. The third-order valence-corrected chi connectivity index (χ3v) is 5.75. The summed E-state index contributed by atoms with van der Waals surface area (Å²) < 4.78 is 2.40. The summed E-state index contributed by atoms with van der Waals surface area (Å²) in [7, 11) is 0. The number of benzene rings is 2. The van der Waals surface area contributed by atoms with Gasteiger partial charge in [0.25, 0.3) is 5.69 Å². The second-order valence-corrected chi connectivity index (χ2v) is 7.78. The number of halogens is 1. The number of nitro benzene ring substituents is 1. The Hall–Kier alpha value is -1.77. The van der Waals surface area contributed by atoms with Crippen LogP contribution in [-0.4, -0.2) is 21.4 Å². The number of thiazole rings is 1. The van der Waals surface area contributed by atoms with Crippen LogP contribution in [0, 0.1) is 10.1 Å².